The van der Waals surface area contributed by atoms with Gasteiger partial charge in [-0.25, -0.2) is 0 Å². The van der Waals surface area contributed by atoms with Crippen LogP contribution in [0.2, 0.25) is 0 Å². The Morgan fingerprint density at radius 1 is 0.789 bits per heavy atom. The summed E-state index contributed by atoms with van der Waals surface area (Å²) in [5.41, 5.74) is 9.45. The molecule has 0 aromatic heterocycles. The fourth-order valence-corrected chi connectivity index (χ4v) is 4.47. The van der Waals surface area contributed by atoms with E-state index < -0.39 is 0 Å². The predicted molar refractivity (Wildman–Crippen MR) is 89.1 cm³/mol. The van der Waals surface area contributed by atoms with E-state index in [0.29, 0.717) is 0 Å². The molecule has 0 spiro atoms. The van der Waals surface area contributed by atoms with Crippen LogP contribution in [0, 0.1) is 0 Å². The van der Waals surface area contributed by atoms with Crippen molar-refractivity contribution in [3.63, 3.8) is 0 Å². The van der Waals surface area contributed by atoms with Crippen LogP contribution in [0.5, 0.6) is 0 Å². The van der Waals surface area contributed by atoms with Gasteiger partial charge in [-0.1, -0.05) is 59.0 Å². The highest BCUT2D eigenvalue weighted by atomic mass is 127. The van der Waals surface area contributed by atoms with Crippen molar-refractivity contribution in [1.82, 2.24) is 0 Å². The Labute approximate surface area is 128 Å². The number of rotatable bonds is 0. The lowest BCUT2D eigenvalue weighted by Gasteiger charge is -2.28. The Kier molecular flexibility index (Phi) is 2.91. The number of alkyl halides is 1. The third-order valence-electron chi connectivity index (χ3n) is 4.63. The first kappa shape index (κ1) is 12.0. The second-order valence-corrected chi connectivity index (χ2v) is 7.49. The molecule has 0 radical (unpaired) electrons. The Morgan fingerprint density at radius 2 is 1.68 bits per heavy atom. The molecular weight excluding hydrogens is 343 g/mol. The van der Waals surface area contributed by atoms with E-state index in [4.69, 9.17) is 0 Å². The van der Waals surface area contributed by atoms with Crippen LogP contribution in [0.3, 0.4) is 0 Å². The Morgan fingerprint density at radius 3 is 2.63 bits per heavy atom. The molecule has 4 rings (SSSR count). The van der Waals surface area contributed by atoms with E-state index >= 15 is 0 Å². The quantitative estimate of drug-likeness (QED) is 0.470. The van der Waals surface area contributed by atoms with Crippen molar-refractivity contribution >= 4 is 22.6 Å². The van der Waals surface area contributed by atoms with E-state index in [1.165, 1.54) is 48.8 Å². The summed E-state index contributed by atoms with van der Waals surface area (Å²) in [5.74, 6) is 0. The maximum Gasteiger partial charge on any atom is 0.0153 e. The average molecular weight is 360 g/mol. The molecule has 0 saturated carbocycles. The molecular formula is C18H17I. The van der Waals surface area contributed by atoms with Gasteiger partial charge in [0.1, 0.15) is 0 Å². The van der Waals surface area contributed by atoms with Gasteiger partial charge >= 0.3 is 0 Å². The second-order valence-electron chi connectivity index (χ2n) is 5.73. The van der Waals surface area contributed by atoms with Crippen LogP contribution in [0.25, 0.3) is 11.1 Å². The van der Waals surface area contributed by atoms with Crippen molar-refractivity contribution in [2.45, 2.75) is 36.0 Å². The van der Waals surface area contributed by atoms with Gasteiger partial charge in [-0.2, -0.15) is 0 Å². The fourth-order valence-electron chi connectivity index (χ4n) is 3.68. The van der Waals surface area contributed by atoms with Crippen molar-refractivity contribution in [3.05, 3.63) is 58.7 Å². The number of halogens is 1. The molecule has 0 aliphatic heterocycles. The monoisotopic (exact) mass is 360 g/mol. The number of benzene rings is 2. The second kappa shape index (κ2) is 4.62. The normalized spacial score (nSPS) is 20.4. The third-order valence-corrected chi connectivity index (χ3v) is 5.69. The molecule has 96 valence electrons. The molecule has 0 heterocycles. The summed E-state index contributed by atoms with van der Waals surface area (Å²) in [6.45, 7) is 0. The van der Waals surface area contributed by atoms with Crippen LogP contribution in [0.15, 0.2) is 36.4 Å². The molecule has 2 aromatic rings. The highest BCUT2D eigenvalue weighted by Crippen LogP contribution is 2.39. The minimum absolute atomic E-state index is 0.832. The van der Waals surface area contributed by atoms with Gasteiger partial charge < -0.3 is 0 Å². The fraction of sp³-hybridized carbons (Fsp3) is 0.333. The molecule has 2 aliphatic rings. The molecule has 0 bridgehead atoms. The molecule has 2 aliphatic carbocycles. The Hall–Kier alpha value is -0.830. The number of hydrogen-bond acceptors (Lipinski definition) is 0. The first-order valence-electron chi connectivity index (χ1n) is 7.19. The van der Waals surface area contributed by atoms with E-state index in [2.05, 4.69) is 59.0 Å². The van der Waals surface area contributed by atoms with Gasteiger partial charge in [0.05, 0.1) is 0 Å². The summed E-state index contributed by atoms with van der Waals surface area (Å²) in [4.78, 5) is 0. The summed E-state index contributed by atoms with van der Waals surface area (Å²) < 4.78 is 0.832. The zero-order valence-corrected chi connectivity index (χ0v) is 13.1. The molecule has 0 amide bonds. The van der Waals surface area contributed by atoms with E-state index in [0.717, 1.165) is 3.92 Å². The van der Waals surface area contributed by atoms with Crippen LogP contribution < -0.4 is 0 Å². The number of hydrogen-bond donors (Lipinski definition) is 0. The lowest BCUT2D eigenvalue weighted by molar-refractivity contribution is 0.711. The van der Waals surface area contributed by atoms with E-state index in [1.54, 1.807) is 16.7 Å². The first-order valence-corrected chi connectivity index (χ1v) is 8.43. The van der Waals surface area contributed by atoms with Gasteiger partial charge in [-0.3, -0.25) is 0 Å². The molecule has 0 nitrogen and oxygen atoms in total. The van der Waals surface area contributed by atoms with Gasteiger partial charge in [-0.15, -0.1) is 0 Å². The highest BCUT2D eigenvalue weighted by molar-refractivity contribution is 14.1. The molecule has 1 unspecified atom stereocenters. The number of fused-ring (bicyclic) bond motifs is 5. The van der Waals surface area contributed by atoms with Gasteiger partial charge in [0.15, 0.2) is 0 Å². The standard InChI is InChI=1S/C18H17I/c19-14-7-10-16-13(11-14)6-9-17-15-4-2-1-3-12(15)5-8-18(16)17/h1-4,6,9,14H,5,7-8,10-11H2. The topological polar surface area (TPSA) is 0 Å². The van der Waals surface area contributed by atoms with Gasteiger partial charge in [-0.05, 0) is 65.5 Å². The highest BCUT2D eigenvalue weighted by Gasteiger charge is 2.24. The lowest BCUT2D eigenvalue weighted by atomic mass is 9.78. The predicted octanol–water partition coefficient (Wildman–Crippen LogP) is 4.74. The Balaban J connectivity index is 1.91. The maximum atomic E-state index is 2.61. The molecule has 0 N–H and O–H groups in total. The molecule has 0 saturated heterocycles. The molecule has 2 aromatic carbocycles. The minimum Gasteiger partial charge on any atom is -0.0822 e. The zero-order chi connectivity index (χ0) is 12.8. The van der Waals surface area contributed by atoms with Crippen LogP contribution >= 0.6 is 22.6 Å². The largest absolute Gasteiger partial charge is 0.0822 e. The lowest BCUT2D eigenvalue weighted by Crippen LogP contribution is -2.17. The van der Waals surface area contributed by atoms with Crippen molar-refractivity contribution in [2.24, 2.45) is 0 Å². The van der Waals surface area contributed by atoms with Crippen LogP contribution in [-0.2, 0) is 25.7 Å². The van der Waals surface area contributed by atoms with E-state index in [9.17, 15) is 0 Å². The van der Waals surface area contributed by atoms with Crippen LogP contribution in [0.1, 0.15) is 28.7 Å². The van der Waals surface area contributed by atoms with Crippen LogP contribution in [-0.4, -0.2) is 3.92 Å². The maximum absolute atomic E-state index is 2.61. The molecule has 19 heavy (non-hydrogen) atoms. The SMILES string of the molecule is IC1CCc2c(ccc3c2CCc2ccccc2-3)C1. The first-order chi connectivity index (χ1) is 9.33. The molecule has 1 atom stereocenters. The molecule has 0 fully saturated rings. The minimum atomic E-state index is 0.832. The summed E-state index contributed by atoms with van der Waals surface area (Å²) >= 11 is 2.61. The summed E-state index contributed by atoms with van der Waals surface area (Å²) in [5, 5.41) is 0. The van der Waals surface area contributed by atoms with Gasteiger partial charge in [0.25, 0.3) is 0 Å². The number of aryl methyl sites for hydroxylation is 1. The van der Waals surface area contributed by atoms with Crippen molar-refractivity contribution < 1.29 is 0 Å². The van der Waals surface area contributed by atoms with Crippen molar-refractivity contribution in [3.8, 4) is 11.1 Å². The summed E-state index contributed by atoms with van der Waals surface area (Å²) in [6.07, 6.45) is 6.36. The summed E-state index contributed by atoms with van der Waals surface area (Å²) in [6, 6.07) is 13.7. The van der Waals surface area contributed by atoms with Crippen molar-refractivity contribution in [1.29, 1.82) is 0 Å². The van der Waals surface area contributed by atoms with Crippen molar-refractivity contribution in [2.75, 3.05) is 0 Å². The average Bonchev–Trinajstić information content (AvgIpc) is 2.46. The smallest absolute Gasteiger partial charge is 0.0153 e. The zero-order valence-electron chi connectivity index (χ0n) is 11.0. The summed E-state index contributed by atoms with van der Waals surface area (Å²) in [7, 11) is 0. The van der Waals surface area contributed by atoms with Crippen LogP contribution in [0.4, 0.5) is 0 Å². The Bertz CT molecular complexity index is 642. The van der Waals surface area contributed by atoms with Gasteiger partial charge in [0, 0.05) is 3.92 Å². The third kappa shape index (κ3) is 1.94. The van der Waals surface area contributed by atoms with Gasteiger partial charge in [0.2, 0.25) is 0 Å². The molecule has 1 heteroatoms. The van der Waals surface area contributed by atoms with E-state index in [-0.39, 0.29) is 0 Å². The van der Waals surface area contributed by atoms with E-state index in [1.807, 2.05) is 0 Å².